The molecule has 30 heavy (non-hydrogen) atoms. The molecule has 9 nitrogen and oxygen atoms in total. The van der Waals surface area contributed by atoms with Crippen molar-refractivity contribution in [1.82, 2.24) is 15.3 Å². The molecule has 2 N–H and O–H groups in total. The summed E-state index contributed by atoms with van der Waals surface area (Å²) in [4.78, 5) is 42.3. The van der Waals surface area contributed by atoms with E-state index in [1.54, 1.807) is 28.1 Å². The van der Waals surface area contributed by atoms with Gasteiger partial charge in [0.15, 0.2) is 11.5 Å². The third-order valence-corrected chi connectivity index (χ3v) is 5.07. The van der Waals surface area contributed by atoms with Gasteiger partial charge in [0.2, 0.25) is 5.91 Å². The summed E-state index contributed by atoms with van der Waals surface area (Å²) in [5, 5.41) is 2.98. The molecule has 0 saturated heterocycles. The summed E-state index contributed by atoms with van der Waals surface area (Å²) in [6.07, 6.45) is 0.604. The van der Waals surface area contributed by atoms with Crippen molar-refractivity contribution in [3.63, 3.8) is 0 Å². The Morgan fingerprint density at radius 2 is 1.93 bits per heavy atom. The Hall–Kier alpha value is -3.01. The lowest BCUT2D eigenvalue weighted by Crippen LogP contribution is -2.28. The van der Waals surface area contributed by atoms with Crippen LogP contribution in [0.5, 0.6) is 11.5 Å². The van der Waals surface area contributed by atoms with Gasteiger partial charge in [0.05, 0.1) is 26.6 Å². The molecule has 2 rings (SSSR count). The Bertz CT molecular complexity index is 960. The monoisotopic (exact) mass is 435 g/mol. The Labute approximate surface area is 178 Å². The number of amides is 1. The van der Waals surface area contributed by atoms with Crippen LogP contribution in [0.25, 0.3) is 0 Å². The number of nitrogens with zero attached hydrogens (tertiary/aromatic N) is 1. The molecule has 162 valence electrons. The first-order valence-electron chi connectivity index (χ1n) is 9.28. The molecule has 0 aliphatic carbocycles. The van der Waals surface area contributed by atoms with E-state index in [0.717, 1.165) is 17.3 Å². The fourth-order valence-electron chi connectivity index (χ4n) is 2.67. The van der Waals surface area contributed by atoms with Gasteiger partial charge in [-0.15, -0.1) is 0 Å². The van der Waals surface area contributed by atoms with Crippen LogP contribution in [-0.4, -0.2) is 55.0 Å². The zero-order valence-corrected chi connectivity index (χ0v) is 18.2. The third kappa shape index (κ3) is 6.24. The number of aromatic nitrogens is 2. The highest BCUT2D eigenvalue weighted by Gasteiger charge is 2.20. The molecule has 0 saturated carbocycles. The second-order valence-electron chi connectivity index (χ2n) is 6.15. The fourth-order valence-corrected chi connectivity index (χ4v) is 3.57. The Kier molecular flexibility index (Phi) is 8.72. The standard InChI is InChI=1S/C20H25N3O6S/c1-5-29-19(25)17-12(2)22-20(26)23-18(17)30-11-16(24)21-9-8-13-6-7-14(27-3)15(10-13)28-4/h6-7,10H,5,8-9,11H2,1-4H3,(H,21,24)(H,22,23,26). The predicted octanol–water partition coefficient (Wildman–Crippen LogP) is 1.72. The summed E-state index contributed by atoms with van der Waals surface area (Å²) < 4.78 is 15.5. The third-order valence-electron chi connectivity index (χ3n) is 4.09. The van der Waals surface area contributed by atoms with E-state index >= 15 is 0 Å². The number of H-pyrrole nitrogens is 1. The Morgan fingerprint density at radius 3 is 2.60 bits per heavy atom. The van der Waals surface area contributed by atoms with Crippen molar-refractivity contribution < 1.29 is 23.8 Å². The van der Waals surface area contributed by atoms with E-state index in [0.29, 0.717) is 30.2 Å². The number of aromatic amines is 1. The number of thioether (sulfide) groups is 1. The van der Waals surface area contributed by atoms with Crippen molar-refractivity contribution in [2.45, 2.75) is 25.3 Å². The van der Waals surface area contributed by atoms with Crippen LogP contribution in [0.4, 0.5) is 0 Å². The van der Waals surface area contributed by atoms with Crippen molar-refractivity contribution in [1.29, 1.82) is 0 Å². The number of benzene rings is 1. The molecule has 0 aliphatic rings. The van der Waals surface area contributed by atoms with Crippen molar-refractivity contribution in [3.05, 3.63) is 45.5 Å². The molecular weight excluding hydrogens is 410 g/mol. The largest absolute Gasteiger partial charge is 0.493 e. The number of aryl methyl sites for hydroxylation is 1. The molecular formula is C20H25N3O6S. The molecule has 0 radical (unpaired) electrons. The summed E-state index contributed by atoms with van der Waals surface area (Å²) in [6.45, 7) is 3.88. The molecule has 1 aromatic heterocycles. The average molecular weight is 436 g/mol. The first-order chi connectivity index (χ1) is 14.4. The smallest absolute Gasteiger partial charge is 0.346 e. The molecule has 1 heterocycles. The van der Waals surface area contributed by atoms with Crippen LogP contribution in [0, 0.1) is 6.92 Å². The van der Waals surface area contributed by atoms with Gasteiger partial charge in [0.25, 0.3) is 0 Å². The highest BCUT2D eigenvalue weighted by atomic mass is 32.2. The molecule has 2 aromatic rings. The SMILES string of the molecule is CCOC(=O)c1c(SCC(=O)NCCc2ccc(OC)c(OC)c2)nc(=O)[nH]c1C. The van der Waals surface area contributed by atoms with E-state index in [4.69, 9.17) is 14.2 Å². The zero-order valence-electron chi connectivity index (χ0n) is 17.4. The number of esters is 1. The molecule has 0 fully saturated rings. The predicted molar refractivity (Wildman–Crippen MR) is 113 cm³/mol. The molecule has 0 spiro atoms. The highest BCUT2D eigenvalue weighted by Crippen LogP contribution is 2.27. The van der Waals surface area contributed by atoms with Crippen LogP contribution in [0.15, 0.2) is 28.0 Å². The second kappa shape index (κ2) is 11.2. The summed E-state index contributed by atoms with van der Waals surface area (Å²) in [6, 6.07) is 5.56. The molecule has 10 heteroatoms. The number of carbonyl (C=O) groups excluding carboxylic acids is 2. The maximum absolute atomic E-state index is 12.2. The zero-order chi connectivity index (χ0) is 22.1. The van der Waals surface area contributed by atoms with Crippen LogP contribution in [0.1, 0.15) is 28.5 Å². The minimum Gasteiger partial charge on any atom is -0.493 e. The van der Waals surface area contributed by atoms with Gasteiger partial charge in [-0.05, 0) is 38.0 Å². The number of methoxy groups -OCH3 is 2. The lowest BCUT2D eigenvalue weighted by molar-refractivity contribution is -0.118. The van der Waals surface area contributed by atoms with Gasteiger partial charge in [0, 0.05) is 12.2 Å². The number of hydrogen-bond acceptors (Lipinski definition) is 8. The van der Waals surface area contributed by atoms with Gasteiger partial charge in [0.1, 0.15) is 10.6 Å². The Morgan fingerprint density at radius 1 is 1.20 bits per heavy atom. The quantitative estimate of drug-likeness (QED) is 0.329. The van der Waals surface area contributed by atoms with Crippen LogP contribution in [0.2, 0.25) is 0 Å². The van der Waals surface area contributed by atoms with Gasteiger partial charge in [-0.25, -0.2) is 9.59 Å². The lowest BCUT2D eigenvalue weighted by Gasteiger charge is -2.11. The van der Waals surface area contributed by atoms with E-state index < -0.39 is 11.7 Å². The van der Waals surface area contributed by atoms with Crippen LogP contribution >= 0.6 is 11.8 Å². The molecule has 1 amide bonds. The molecule has 0 unspecified atom stereocenters. The normalized spacial score (nSPS) is 10.4. The van der Waals surface area contributed by atoms with Crippen molar-refractivity contribution in [2.75, 3.05) is 33.1 Å². The van der Waals surface area contributed by atoms with Gasteiger partial charge in [-0.2, -0.15) is 4.98 Å². The number of hydrogen-bond donors (Lipinski definition) is 2. The van der Waals surface area contributed by atoms with Crippen molar-refractivity contribution in [2.24, 2.45) is 0 Å². The minimum absolute atomic E-state index is 0.00817. The maximum Gasteiger partial charge on any atom is 0.346 e. The summed E-state index contributed by atoms with van der Waals surface area (Å²) in [5.41, 5.74) is 0.915. The lowest BCUT2D eigenvalue weighted by atomic mass is 10.1. The average Bonchev–Trinajstić information content (AvgIpc) is 2.71. The summed E-state index contributed by atoms with van der Waals surface area (Å²) in [5.74, 6) is 0.442. The first kappa shape index (κ1) is 23.3. The van der Waals surface area contributed by atoms with Crippen LogP contribution in [-0.2, 0) is 16.0 Å². The topological polar surface area (TPSA) is 120 Å². The number of ether oxygens (including phenoxy) is 3. The second-order valence-corrected chi connectivity index (χ2v) is 7.11. The van der Waals surface area contributed by atoms with E-state index in [-0.39, 0.29) is 28.9 Å². The van der Waals surface area contributed by atoms with Gasteiger partial charge >= 0.3 is 11.7 Å². The highest BCUT2D eigenvalue weighted by molar-refractivity contribution is 8.00. The number of nitrogens with one attached hydrogen (secondary N) is 2. The fraction of sp³-hybridized carbons (Fsp3) is 0.400. The summed E-state index contributed by atoms with van der Waals surface area (Å²) in [7, 11) is 3.13. The number of rotatable bonds is 10. The van der Waals surface area contributed by atoms with Crippen molar-refractivity contribution in [3.8, 4) is 11.5 Å². The first-order valence-corrected chi connectivity index (χ1v) is 10.3. The molecule has 0 bridgehead atoms. The van der Waals surface area contributed by atoms with E-state index in [2.05, 4.69) is 15.3 Å². The van der Waals surface area contributed by atoms with Crippen molar-refractivity contribution >= 4 is 23.6 Å². The minimum atomic E-state index is -0.588. The maximum atomic E-state index is 12.2. The Balaban J connectivity index is 1.94. The molecule has 1 aromatic carbocycles. The van der Waals surface area contributed by atoms with Gasteiger partial charge in [-0.1, -0.05) is 17.8 Å². The van der Waals surface area contributed by atoms with E-state index in [1.165, 1.54) is 0 Å². The van der Waals surface area contributed by atoms with E-state index in [9.17, 15) is 14.4 Å². The van der Waals surface area contributed by atoms with Gasteiger partial charge < -0.3 is 24.5 Å². The molecule has 0 aliphatic heterocycles. The van der Waals surface area contributed by atoms with Crippen LogP contribution < -0.4 is 20.5 Å². The summed E-state index contributed by atoms with van der Waals surface area (Å²) >= 11 is 1.01. The number of carbonyl (C=O) groups is 2. The molecule has 0 atom stereocenters. The van der Waals surface area contributed by atoms with Gasteiger partial charge in [-0.3, -0.25) is 4.79 Å². The van der Waals surface area contributed by atoms with E-state index in [1.807, 2.05) is 18.2 Å². The van der Waals surface area contributed by atoms with Crippen LogP contribution in [0.3, 0.4) is 0 Å².